The monoisotopic (exact) mass is 145 g/mol. The molecule has 0 spiro atoms. The Hall–Kier alpha value is -0.0800. The maximum absolute atomic E-state index is 5.46. The summed E-state index contributed by atoms with van der Waals surface area (Å²) in [5.41, 5.74) is 5.51. The van der Waals surface area contributed by atoms with Crippen molar-refractivity contribution >= 4 is 0 Å². The van der Waals surface area contributed by atoms with Crippen molar-refractivity contribution in [1.82, 2.24) is 0 Å². The largest absolute Gasteiger partial charge is 0.378 e. The van der Waals surface area contributed by atoms with Crippen LogP contribution in [0.1, 0.15) is 33.1 Å². The van der Waals surface area contributed by atoms with Gasteiger partial charge in [0.25, 0.3) is 0 Å². The highest BCUT2D eigenvalue weighted by Gasteiger charge is 2.23. The zero-order chi connectivity index (χ0) is 8.04. The molecule has 0 atom stereocenters. The van der Waals surface area contributed by atoms with Gasteiger partial charge in [-0.2, -0.15) is 0 Å². The molecule has 0 saturated heterocycles. The lowest BCUT2D eigenvalue weighted by Crippen LogP contribution is -2.32. The van der Waals surface area contributed by atoms with Crippen LogP contribution >= 0.6 is 0 Å². The molecule has 0 unspecified atom stereocenters. The highest BCUT2D eigenvalue weighted by Crippen LogP contribution is 2.22. The quantitative estimate of drug-likeness (QED) is 0.637. The third kappa shape index (κ3) is 2.27. The minimum atomic E-state index is 0.0503. The molecule has 0 fully saturated rings. The summed E-state index contributed by atoms with van der Waals surface area (Å²) in [5, 5.41) is 0. The molecule has 0 saturated carbocycles. The number of nitrogens with two attached hydrogens (primary N) is 1. The van der Waals surface area contributed by atoms with Gasteiger partial charge in [-0.15, -0.1) is 0 Å². The van der Waals surface area contributed by atoms with E-state index in [4.69, 9.17) is 10.5 Å². The molecule has 2 nitrogen and oxygen atoms in total. The molecule has 0 aromatic rings. The first-order chi connectivity index (χ1) is 4.74. The van der Waals surface area contributed by atoms with Crippen LogP contribution in [0.15, 0.2) is 0 Å². The van der Waals surface area contributed by atoms with Crippen LogP contribution < -0.4 is 5.73 Å². The Kier molecular flexibility index (Phi) is 4.65. The summed E-state index contributed by atoms with van der Waals surface area (Å²) in [6, 6.07) is 0. The first-order valence-corrected chi connectivity index (χ1v) is 4.00. The summed E-state index contributed by atoms with van der Waals surface area (Å²) >= 11 is 0. The second-order valence-electron chi connectivity index (χ2n) is 2.63. The number of hydrogen-bond acceptors (Lipinski definition) is 2. The summed E-state index contributed by atoms with van der Waals surface area (Å²) < 4.78 is 5.40. The van der Waals surface area contributed by atoms with Gasteiger partial charge in [0.1, 0.15) is 0 Å². The number of ether oxygens (including phenoxy) is 1. The molecular weight excluding hydrogens is 126 g/mol. The molecule has 0 aromatic carbocycles. The van der Waals surface area contributed by atoms with Crippen molar-refractivity contribution in [3.8, 4) is 0 Å². The van der Waals surface area contributed by atoms with Crippen molar-refractivity contribution in [2.45, 2.75) is 38.7 Å². The fraction of sp³-hybridized carbons (Fsp3) is 1.00. The molecule has 0 amide bonds. The van der Waals surface area contributed by atoms with Gasteiger partial charge in [-0.05, 0) is 25.8 Å². The molecule has 0 aromatic heterocycles. The van der Waals surface area contributed by atoms with Crippen LogP contribution in [-0.2, 0) is 4.74 Å². The lowest BCUT2D eigenvalue weighted by atomic mass is 9.93. The second-order valence-corrected chi connectivity index (χ2v) is 2.63. The molecule has 0 heterocycles. The summed E-state index contributed by atoms with van der Waals surface area (Å²) in [7, 11) is 1.77. The lowest BCUT2D eigenvalue weighted by molar-refractivity contribution is -0.0216. The molecular formula is C8H19NO. The normalized spacial score (nSPS) is 12.0. The van der Waals surface area contributed by atoms with Gasteiger partial charge in [0.05, 0.1) is 5.60 Å². The fourth-order valence-electron chi connectivity index (χ4n) is 1.26. The minimum absolute atomic E-state index is 0.0503. The smallest absolute Gasteiger partial charge is 0.0685 e. The molecule has 0 rings (SSSR count). The molecule has 0 aliphatic heterocycles. The van der Waals surface area contributed by atoms with E-state index in [0.29, 0.717) is 0 Å². The molecule has 10 heavy (non-hydrogen) atoms. The van der Waals surface area contributed by atoms with Crippen LogP contribution in [0.25, 0.3) is 0 Å². The van der Waals surface area contributed by atoms with Crippen LogP contribution in [0.3, 0.4) is 0 Å². The standard InChI is InChI=1S/C8H19NO/c1-4-8(5-2,10-3)6-7-9/h4-7,9H2,1-3H3. The number of hydrogen-bond donors (Lipinski definition) is 1. The third-order valence-electron chi connectivity index (χ3n) is 2.32. The van der Waals surface area contributed by atoms with E-state index in [1.54, 1.807) is 7.11 Å². The van der Waals surface area contributed by atoms with E-state index in [0.717, 1.165) is 25.8 Å². The SMILES string of the molecule is CCC(CC)(CCN)OC. The molecule has 62 valence electrons. The topological polar surface area (TPSA) is 35.2 Å². The van der Waals surface area contributed by atoms with Crippen LogP contribution in [0.5, 0.6) is 0 Å². The van der Waals surface area contributed by atoms with Gasteiger partial charge in [-0.25, -0.2) is 0 Å². The van der Waals surface area contributed by atoms with Gasteiger partial charge in [0, 0.05) is 7.11 Å². The zero-order valence-electron chi connectivity index (χ0n) is 7.31. The number of rotatable bonds is 5. The second kappa shape index (κ2) is 4.69. The molecule has 0 radical (unpaired) electrons. The zero-order valence-corrected chi connectivity index (χ0v) is 7.31. The lowest BCUT2D eigenvalue weighted by Gasteiger charge is -2.29. The van der Waals surface area contributed by atoms with Crippen LogP contribution in [0.4, 0.5) is 0 Å². The van der Waals surface area contributed by atoms with E-state index in [1.807, 2.05) is 0 Å². The summed E-state index contributed by atoms with van der Waals surface area (Å²) in [6.07, 6.45) is 3.07. The van der Waals surface area contributed by atoms with E-state index in [-0.39, 0.29) is 5.60 Å². The molecule has 0 aliphatic rings. The highest BCUT2D eigenvalue weighted by atomic mass is 16.5. The van der Waals surface area contributed by atoms with Crippen LogP contribution in [0, 0.1) is 0 Å². The van der Waals surface area contributed by atoms with Crippen molar-refractivity contribution < 1.29 is 4.74 Å². The van der Waals surface area contributed by atoms with Crippen molar-refractivity contribution in [3.05, 3.63) is 0 Å². The van der Waals surface area contributed by atoms with E-state index < -0.39 is 0 Å². The Morgan fingerprint density at radius 1 is 1.30 bits per heavy atom. The average molecular weight is 145 g/mol. The first-order valence-electron chi connectivity index (χ1n) is 4.00. The average Bonchev–Trinajstić information content (AvgIpc) is 2.01. The highest BCUT2D eigenvalue weighted by molar-refractivity contribution is 4.76. The molecule has 0 bridgehead atoms. The minimum Gasteiger partial charge on any atom is -0.378 e. The van der Waals surface area contributed by atoms with Gasteiger partial charge in [-0.3, -0.25) is 0 Å². The predicted molar refractivity (Wildman–Crippen MR) is 44.0 cm³/mol. The van der Waals surface area contributed by atoms with E-state index in [1.165, 1.54) is 0 Å². The van der Waals surface area contributed by atoms with E-state index in [9.17, 15) is 0 Å². The van der Waals surface area contributed by atoms with E-state index >= 15 is 0 Å². The van der Waals surface area contributed by atoms with Crippen molar-refractivity contribution in [3.63, 3.8) is 0 Å². The Morgan fingerprint density at radius 3 is 1.90 bits per heavy atom. The fourth-order valence-corrected chi connectivity index (χ4v) is 1.26. The van der Waals surface area contributed by atoms with Gasteiger partial charge in [-0.1, -0.05) is 13.8 Å². The Labute approximate surface area is 63.7 Å². The van der Waals surface area contributed by atoms with Gasteiger partial charge in [0.2, 0.25) is 0 Å². The van der Waals surface area contributed by atoms with Crippen molar-refractivity contribution in [1.29, 1.82) is 0 Å². The van der Waals surface area contributed by atoms with Gasteiger partial charge < -0.3 is 10.5 Å². The van der Waals surface area contributed by atoms with Gasteiger partial charge in [0.15, 0.2) is 0 Å². The Morgan fingerprint density at radius 2 is 1.80 bits per heavy atom. The van der Waals surface area contributed by atoms with Gasteiger partial charge >= 0.3 is 0 Å². The predicted octanol–water partition coefficient (Wildman–Crippen LogP) is 1.54. The summed E-state index contributed by atoms with van der Waals surface area (Å²) in [4.78, 5) is 0. The maximum atomic E-state index is 5.46. The molecule has 0 aliphatic carbocycles. The van der Waals surface area contributed by atoms with Crippen molar-refractivity contribution in [2.24, 2.45) is 5.73 Å². The molecule has 2 heteroatoms. The van der Waals surface area contributed by atoms with Crippen molar-refractivity contribution in [2.75, 3.05) is 13.7 Å². The van der Waals surface area contributed by atoms with Crippen LogP contribution in [0.2, 0.25) is 0 Å². The summed E-state index contributed by atoms with van der Waals surface area (Å²) in [5.74, 6) is 0. The molecule has 2 N–H and O–H groups in total. The maximum Gasteiger partial charge on any atom is 0.0685 e. The third-order valence-corrected chi connectivity index (χ3v) is 2.32. The van der Waals surface area contributed by atoms with Crippen LogP contribution in [-0.4, -0.2) is 19.3 Å². The Bertz CT molecular complexity index is 71.1. The first kappa shape index (κ1) is 9.92. The Balaban J connectivity index is 3.87. The number of methoxy groups -OCH3 is 1. The van der Waals surface area contributed by atoms with E-state index in [2.05, 4.69) is 13.8 Å². The summed E-state index contributed by atoms with van der Waals surface area (Å²) in [6.45, 7) is 5.00.